The molecular weight excluding hydrogens is 363 g/mol. The molecule has 0 N–H and O–H groups in total. The number of ether oxygens (including phenoxy) is 1. The molecule has 0 unspecified atom stereocenters. The van der Waals surface area contributed by atoms with Crippen LogP contribution in [-0.4, -0.2) is 46.6 Å². The smallest absolute Gasteiger partial charge is 0.277 e. The number of carbonyl (C=O) groups is 1. The summed E-state index contributed by atoms with van der Waals surface area (Å²) in [6.07, 6.45) is 0. The van der Waals surface area contributed by atoms with Crippen LogP contribution in [0.3, 0.4) is 0 Å². The van der Waals surface area contributed by atoms with Crippen LogP contribution in [0.25, 0.3) is 11.0 Å². The number of morpholine rings is 1. The monoisotopic (exact) mass is 384 g/mol. The number of hydrogen-bond acceptors (Lipinski definition) is 5. The highest BCUT2D eigenvalue weighted by Gasteiger charge is 2.22. The van der Waals surface area contributed by atoms with E-state index in [1.807, 2.05) is 13.0 Å². The van der Waals surface area contributed by atoms with Crippen molar-refractivity contribution in [1.82, 2.24) is 14.3 Å². The van der Waals surface area contributed by atoms with E-state index >= 15 is 0 Å². The number of fused-ring (bicyclic) bond motifs is 1. The molecule has 3 heterocycles. The van der Waals surface area contributed by atoms with Gasteiger partial charge in [-0.15, -0.1) is 0 Å². The second-order valence-electron chi connectivity index (χ2n) is 6.92. The quantitative estimate of drug-likeness (QED) is 0.692. The van der Waals surface area contributed by atoms with Crippen molar-refractivity contribution < 1.29 is 13.9 Å². The first-order chi connectivity index (χ1) is 13.5. The van der Waals surface area contributed by atoms with Gasteiger partial charge in [-0.2, -0.15) is 4.68 Å². The van der Waals surface area contributed by atoms with Crippen molar-refractivity contribution in [2.45, 2.75) is 20.4 Å². The molecule has 3 aromatic rings. The topological polar surface area (TPSA) is 69.4 Å². The molecule has 0 aliphatic carbocycles. The van der Waals surface area contributed by atoms with Crippen LogP contribution in [-0.2, 0) is 11.3 Å². The van der Waals surface area contributed by atoms with E-state index in [4.69, 9.17) is 4.74 Å². The molecule has 0 saturated carbocycles. The third-order valence-electron chi connectivity index (χ3n) is 4.93. The summed E-state index contributed by atoms with van der Waals surface area (Å²) < 4.78 is 21.6. The number of rotatable bonds is 3. The molecule has 4 rings (SSSR count). The molecule has 0 radical (unpaired) electrons. The fraction of sp³-hybridized carbons (Fsp3) is 0.350. The molecule has 146 valence electrons. The van der Waals surface area contributed by atoms with E-state index in [2.05, 4.69) is 9.88 Å². The van der Waals surface area contributed by atoms with Crippen molar-refractivity contribution in [2.75, 3.05) is 31.2 Å². The number of halogens is 1. The first-order valence-corrected chi connectivity index (χ1v) is 9.17. The van der Waals surface area contributed by atoms with Crippen molar-refractivity contribution >= 4 is 22.8 Å². The van der Waals surface area contributed by atoms with Gasteiger partial charge < -0.3 is 9.64 Å². The lowest BCUT2D eigenvalue weighted by atomic mass is 10.2. The van der Waals surface area contributed by atoms with E-state index in [-0.39, 0.29) is 23.8 Å². The van der Waals surface area contributed by atoms with Crippen LogP contribution in [0, 0.1) is 12.7 Å². The third-order valence-corrected chi connectivity index (χ3v) is 4.93. The maximum Gasteiger partial charge on any atom is 0.277 e. The summed E-state index contributed by atoms with van der Waals surface area (Å²) in [5.41, 5.74) is 1.37. The highest BCUT2D eigenvalue weighted by Crippen LogP contribution is 2.22. The second kappa shape index (κ2) is 7.20. The van der Waals surface area contributed by atoms with Crippen LogP contribution in [0.2, 0.25) is 0 Å². The Morgan fingerprint density at radius 3 is 2.68 bits per heavy atom. The van der Waals surface area contributed by atoms with Crippen LogP contribution < -0.4 is 10.5 Å². The van der Waals surface area contributed by atoms with Crippen LogP contribution in [0.4, 0.5) is 10.2 Å². The van der Waals surface area contributed by atoms with Gasteiger partial charge in [0.15, 0.2) is 5.65 Å². The van der Waals surface area contributed by atoms with Crippen LogP contribution in [0.1, 0.15) is 22.8 Å². The van der Waals surface area contributed by atoms with Gasteiger partial charge in [0.05, 0.1) is 25.1 Å². The van der Waals surface area contributed by atoms with E-state index in [1.165, 1.54) is 28.4 Å². The van der Waals surface area contributed by atoms with Crippen molar-refractivity contribution in [3.05, 3.63) is 57.6 Å². The maximum atomic E-state index is 13.6. The average molecular weight is 384 g/mol. The molecule has 0 spiro atoms. The van der Waals surface area contributed by atoms with Crippen LogP contribution >= 0.6 is 0 Å². The van der Waals surface area contributed by atoms with Gasteiger partial charge in [-0.1, -0.05) is 12.1 Å². The zero-order valence-corrected chi connectivity index (χ0v) is 15.8. The highest BCUT2D eigenvalue weighted by molar-refractivity contribution is 5.90. The molecule has 0 bridgehead atoms. The Balaban J connectivity index is 1.89. The molecule has 1 aliphatic rings. The van der Waals surface area contributed by atoms with Crippen molar-refractivity contribution in [3.63, 3.8) is 0 Å². The number of hydrogen-bond donors (Lipinski definition) is 0. The lowest BCUT2D eigenvalue weighted by Crippen LogP contribution is -2.36. The number of pyridine rings is 1. The predicted molar refractivity (Wildman–Crippen MR) is 104 cm³/mol. The summed E-state index contributed by atoms with van der Waals surface area (Å²) >= 11 is 0. The van der Waals surface area contributed by atoms with Crippen LogP contribution in [0.5, 0.6) is 0 Å². The number of benzene rings is 1. The fourth-order valence-corrected chi connectivity index (χ4v) is 3.61. The summed E-state index contributed by atoms with van der Waals surface area (Å²) in [6, 6.07) is 7.86. The zero-order chi connectivity index (χ0) is 19.8. The minimum Gasteiger partial charge on any atom is -0.378 e. The summed E-state index contributed by atoms with van der Waals surface area (Å²) in [7, 11) is 0. The van der Waals surface area contributed by atoms with Crippen LogP contribution in [0.15, 0.2) is 35.1 Å². The molecule has 1 fully saturated rings. The SMILES string of the molecule is CC(=O)n1c2nc(N3CCOCC3)cc(C)c2c(=O)n1Cc1cccc(F)c1. The molecule has 0 amide bonds. The van der Waals surface area contributed by atoms with Gasteiger partial charge in [-0.3, -0.25) is 9.59 Å². The molecule has 2 aromatic heterocycles. The van der Waals surface area contributed by atoms with Gasteiger partial charge in [0, 0.05) is 20.0 Å². The molecule has 28 heavy (non-hydrogen) atoms. The lowest BCUT2D eigenvalue weighted by Gasteiger charge is -2.28. The molecule has 7 nitrogen and oxygen atoms in total. The van der Waals surface area contributed by atoms with E-state index in [0.717, 1.165) is 5.56 Å². The second-order valence-corrected chi connectivity index (χ2v) is 6.92. The maximum absolute atomic E-state index is 13.6. The summed E-state index contributed by atoms with van der Waals surface area (Å²) in [5, 5.41) is 0.406. The Morgan fingerprint density at radius 2 is 2.00 bits per heavy atom. The number of anilines is 1. The standard InChI is InChI=1S/C20H21FN4O3/c1-13-10-17(23-6-8-28-9-7-23)22-19-18(13)20(27)24(25(19)14(2)26)12-15-4-3-5-16(21)11-15/h3-5,10-11H,6-9,12H2,1-2H3. The zero-order valence-electron chi connectivity index (χ0n) is 15.8. The Labute approximate surface area is 160 Å². The van der Waals surface area contributed by atoms with E-state index < -0.39 is 0 Å². The first-order valence-electron chi connectivity index (χ1n) is 9.17. The Hall–Kier alpha value is -3.00. The summed E-state index contributed by atoms with van der Waals surface area (Å²) in [5.74, 6) is 0.000630. The van der Waals surface area contributed by atoms with Gasteiger partial charge in [-0.05, 0) is 36.2 Å². The van der Waals surface area contributed by atoms with Gasteiger partial charge >= 0.3 is 0 Å². The number of nitrogens with zero attached hydrogens (tertiary/aromatic N) is 4. The minimum atomic E-state index is -0.389. The summed E-state index contributed by atoms with van der Waals surface area (Å²) in [6.45, 7) is 5.93. The number of aromatic nitrogens is 3. The minimum absolute atomic E-state index is 0.0822. The molecule has 8 heteroatoms. The number of aryl methyl sites for hydroxylation is 1. The van der Waals surface area contributed by atoms with E-state index in [0.29, 0.717) is 48.7 Å². The van der Waals surface area contributed by atoms with Crippen molar-refractivity contribution in [2.24, 2.45) is 0 Å². The molecule has 1 aliphatic heterocycles. The third kappa shape index (κ3) is 3.20. The lowest BCUT2D eigenvalue weighted by molar-refractivity contribution is 0.0909. The van der Waals surface area contributed by atoms with E-state index in [9.17, 15) is 14.0 Å². The van der Waals surface area contributed by atoms with Gasteiger partial charge in [0.1, 0.15) is 11.6 Å². The highest BCUT2D eigenvalue weighted by atomic mass is 19.1. The predicted octanol–water partition coefficient (Wildman–Crippen LogP) is 2.19. The number of carbonyl (C=O) groups excluding carboxylic acids is 1. The Kier molecular flexibility index (Phi) is 4.72. The van der Waals surface area contributed by atoms with E-state index in [1.54, 1.807) is 12.1 Å². The molecule has 0 atom stereocenters. The first kappa shape index (κ1) is 18.4. The fourth-order valence-electron chi connectivity index (χ4n) is 3.61. The van der Waals surface area contributed by atoms with Gasteiger partial charge in [-0.25, -0.2) is 14.1 Å². The van der Waals surface area contributed by atoms with Crippen molar-refractivity contribution in [3.8, 4) is 0 Å². The van der Waals surface area contributed by atoms with Crippen molar-refractivity contribution in [1.29, 1.82) is 0 Å². The normalized spacial score (nSPS) is 14.6. The molecular formula is C20H21FN4O3. The average Bonchev–Trinajstić information content (AvgIpc) is 2.95. The van der Waals surface area contributed by atoms with Gasteiger partial charge in [0.2, 0.25) is 5.91 Å². The molecule has 1 saturated heterocycles. The Morgan fingerprint density at radius 1 is 1.25 bits per heavy atom. The Bertz CT molecular complexity index is 1110. The largest absolute Gasteiger partial charge is 0.378 e. The van der Waals surface area contributed by atoms with Gasteiger partial charge in [0.25, 0.3) is 5.56 Å². The molecule has 1 aromatic carbocycles. The summed E-state index contributed by atoms with van der Waals surface area (Å²) in [4.78, 5) is 32.2.